The second-order valence-corrected chi connectivity index (χ2v) is 5.33. The SMILES string of the molecule is CC1CCCC(Nc2cccc(C#N)c2N)CC1. The summed E-state index contributed by atoms with van der Waals surface area (Å²) in [6.07, 6.45) is 6.26. The van der Waals surface area contributed by atoms with Crippen molar-refractivity contribution in [3.8, 4) is 6.07 Å². The van der Waals surface area contributed by atoms with Gasteiger partial charge in [-0.3, -0.25) is 0 Å². The lowest BCUT2D eigenvalue weighted by Crippen LogP contribution is -2.19. The highest BCUT2D eigenvalue weighted by atomic mass is 14.9. The molecule has 1 aromatic rings. The summed E-state index contributed by atoms with van der Waals surface area (Å²) >= 11 is 0. The molecule has 1 aliphatic carbocycles. The van der Waals surface area contributed by atoms with E-state index in [9.17, 15) is 0 Å². The van der Waals surface area contributed by atoms with Gasteiger partial charge in [-0.1, -0.05) is 25.8 Å². The number of nitrogens with one attached hydrogen (secondary N) is 1. The highest BCUT2D eigenvalue weighted by Gasteiger charge is 2.17. The molecule has 1 fully saturated rings. The maximum Gasteiger partial charge on any atom is 0.101 e. The van der Waals surface area contributed by atoms with Crippen LogP contribution in [0.3, 0.4) is 0 Å². The first-order valence-corrected chi connectivity index (χ1v) is 6.76. The van der Waals surface area contributed by atoms with Gasteiger partial charge in [0.25, 0.3) is 0 Å². The molecule has 0 aliphatic heterocycles. The Morgan fingerprint density at radius 2 is 2.11 bits per heavy atom. The van der Waals surface area contributed by atoms with E-state index in [2.05, 4.69) is 18.3 Å². The number of benzene rings is 1. The molecule has 3 heteroatoms. The molecule has 0 heterocycles. The Hall–Kier alpha value is -1.69. The molecule has 0 saturated heterocycles. The molecular formula is C15H21N3. The molecule has 2 atom stereocenters. The van der Waals surface area contributed by atoms with Crippen molar-refractivity contribution >= 4 is 11.4 Å². The quantitative estimate of drug-likeness (QED) is 0.617. The zero-order valence-electron chi connectivity index (χ0n) is 10.9. The Labute approximate surface area is 109 Å². The number of para-hydroxylation sites is 1. The maximum absolute atomic E-state index is 8.97. The fourth-order valence-electron chi connectivity index (χ4n) is 2.64. The van der Waals surface area contributed by atoms with Crippen LogP contribution in [0, 0.1) is 17.2 Å². The van der Waals surface area contributed by atoms with Crippen molar-refractivity contribution < 1.29 is 0 Å². The fraction of sp³-hybridized carbons (Fsp3) is 0.533. The van der Waals surface area contributed by atoms with E-state index in [4.69, 9.17) is 11.0 Å². The van der Waals surface area contributed by atoms with Gasteiger partial charge >= 0.3 is 0 Å². The summed E-state index contributed by atoms with van der Waals surface area (Å²) in [5.41, 5.74) is 8.04. The minimum atomic E-state index is 0.492. The highest BCUT2D eigenvalue weighted by Crippen LogP contribution is 2.28. The van der Waals surface area contributed by atoms with Gasteiger partial charge in [-0.25, -0.2) is 0 Å². The summed E-state index contributed by atoms with van der Waals surface area (Å²) in [6.45, 7) is 2.33. The molecule has 1 aliphatic rings. The molecular weight excluding hydrogens is 222 g/mol. The van der Waals surface area contributed by atoms with Crippen LogP contribution in [0.1, 0.15) is 44.6 Å². The van der Waals surface area contributed by atoms with E-state index in [-0.39, 0.29) is 0 Å². The van der Waals surface area contributed by atoms with Gasteiger partial charge in [0, 0.05) is 6.04 Å². The Morgan fingerprint density at radius 3 is 2.89 bits per heavy atom. The van der Waals surface area contributed by atoms with Gasteiger partial charge in [0.05, 0.1) is 16.9 Å². The van der Waals surface area contributed by atoms with Crippen molar-refractivity contribution in [2.45, 2.75) is 45.1 Å². The number of nitrogen functional groups attached to an aromatic ring is 1. The Bertz CT molecular complexity index is 448. The van der Waals surface area contributed by atoms with Crippen LogP contribution in [0.25, 0.3) is 0 Å². The van der Waals surface area contributed by atoms with Gasteiger partial charge in [-0.15, -0.1) is 0 Å². The number of nitriles is 1. The molecule has 2 unspecified atom stereocenters. The molecule has 2 rings (SSSR count). The smallest absolute Gasteiger partial charge is 0.101 e. The summed E-state index contributed by atoms with van der Waals surface area (Å²) in [4.78, 5) is 0. The van der Waals surface area contributed by atoms with Crippen LogP contribution in [0.2, 0.25) is 0 Å². The average Bonchev–Trinajstić information content (AvgIpc) is 2.57. The van der Waals surface area contributed by atoms with Crippen molar-refractivity contribution in [3.63, 3.8) is 0 Å². The number of anilines is 2. The van der Waals surface area contributed by atoms with Crippen LogP contribution >= 0.6 is 0 Å². The standard InChI is InChI=1S/C15H21N3/c1-11-4-2-6-13(9-8-11)18-14-7-3-5-12(10-16)15(14)17/h3,5,7,11,13,18H,2,4,6,8-9,17H2,1H3. The van der Waals surface area contributed by atoms with E-state index in [1.54, 1.807) is 6.07 Å². The largest absolute Gasteiger partial charge is 0.396 e. The van der Waals surface area contributed by atoms with Crippen LogP contribution < -0.4 is 11.1 Å². The van der Waals surface area contributed by atoms with E-state index >= 15 is 0 Å². The Kier molecular flexibility index (Phi) is 4.09. The van der Waals surface area contributed by atoms with E-state index in [1.807, 2.05) is 12.1 Å². The van der Waals surface area contributed by atoms with Crippen molar-refractivity contribution in [2.75, 3.05) is 11.1 Å². The first kappa shape index (κ1) is 12.8. The van der Waals surface area contributed by atoms with Crippen LogP contribution in [-0.4, -0.2) is 6.04 Å². The lowest BCUT2D eigenvalue weighted by atomic mass is 10.0. The maximum atomic E-state index is 8.97. The summed E-state index contributed by atoms with van der Waals surface area (Å²) < 4.78 is 0. The van der Waals surface area contributed by atoms with Crippen LogP contribution in [0.4, 0.5) is 11.4 Å². The van der Waals surface area contributed by atoms with E-state index in [1.165, 1.54) is 32.1 Å². The summed E-state index contributed by atoms with van der Waals surface area (Å²) in [7, 11) is 0. The zero-order valence-corrected chi connectivity index (χ0v) is 10.9. The van der Waals surface area contributed by atoms with Crippen LogP contribution in [0.15, 0.2) is 18.2 Å². The van der Waals surface area contributed by atoms with Crippen molar-refractivity contribution in [1.29, 1.82) is 5.26 Å². The molecule has 3 N–H and O–H groups in total. The highest BCUT2D eigenvalue weighted by molar-refractivity contribution is 5.73. The third-order valence-corrected chi connectivity index (χ3v) is 3.84. The molecule has 0 aromatic heterocycles. The fourth-order valence-corrected chi connectivity index (χ4v) is 2.64. The number of hydrogen-bond donors (Lipinski definition) is 2. The number of rotatable bonds is 2. The molecule has 0 spiro atoms. The predicted molar refractivity (Wildman–Crippen MR) is 75.2 cm³/mol. The molecule has 1 saturated carbocycles. The third kappa shape index (κ3) is 2.95. The molecule has 0 amide bonds. The molecule has 0 bridgehead atoms. The number of hydrogen-bond acceptors (Lipinski definition) is 3. The monoisotopic (exact) mass is 243 g/mol. The van der Waals surface area contributed by atoms with Gasteiger partial charge in [-0.05, 0) is 37.3 Å². The lowest BCUT2D eigenvalue weighted by molar-refractivity contribution is 0.502. The molecule has 0 radical (unpaired) electrons. The Balaban J connectivity index is 2.07. The average molecular weight is 243 g/mol. The zero-order chi connectivity index (χ0) is 13.0. The van der Waals surface area contributed by atoms with Gasteiger partial charge in [0.1, 0.15) is 6.07 Å². The van der Waals surface area contributed by atoms with Gasteiger partial charge in [0.2, 0.25) is 0 Å². The first-order valence-electron chi connectivity index (χ1n) is 6.76. The van der Waals surface area contributed by atoms with Gasteiger partial charge in [-0.2, -0.15) is 5.26 Å². The summed E-state index contributed by atoms with van der Waals surface area (Å²) in [5, 5.41) is 12.5. The minimum absolute atomic E-state index is 0.492. The molecule has 18 heavy (non-hydrogen) atoms. The van der Waals surface area contributed by atoms with Gasteiger partial charge < -0.3 is 11.1 Å². The third-order valence-electron chi connectivity index (χ3n) is 3.84. The summed E-state index contributed by atoms with van der Waals surface area (Å²) in [5.74, 6) is 0.833. The van der Waals surface area contributed by atoms with E-state index < -0.39 is 0 Å². The van der Waals surface area contributed by atoms with Crippen molar-refractivity contribution in [3.05, 3.63) is 23.8 Å². The lowest BCUT2D eigenvalue weighted by Gasteiger charge is -2.19. The van der Waals surface area contributed by atoms with Crippen molar-refractivity contribution in [1.82, 2.24) is 0 Å². The normalized spacial score (nSPS) is 24.0. The van der Waals surface area contributed by atoms with E-state index in [0.29, 0.717) is 17.3 Å². The predicted octanol–water partition coefficient (Wildman–Crippen LogP) is 3.52. The van der Waals surface area contributed by atoms with Crippen LogP contribution in [-0.2, 0) is 0 Å². The topological polar surface area (TPSA) is 61.8 Å². The second kappa shape index (κ2) is 5.77. The van der Waals surface area contributed by atoms with Crippen molar-refractivity contribution in [2.24, 2.45) is 5.92 Å². The molecule has 3 nitrogen and oxygen atoms in total. The number of nitrogens with zero attached hydrogens (tertiary/aromatic N) is 1. The van der Waals surface area contributed by atoms with Crippen LogP contribution in [0.5, 0.6) is 0 Å². The Morgan fingerprint density at radius 1 is 1.28 bits per heavy atom. The minimum Gasteiger partial charge on any atom is -0.396 e. The molecule has 96 valence electrons. The first-order chi connectivity index (χ1) is 8.70. The number of nitrogens with two attached hydrogens (primary N) is 1. The second-order valence-electron chi connectivity index (χ2n) is 5.33. The molecule has 1 aromatic carbocycles. The van der Waals surface area contributed by atoms with E-state index in [0.717, 1.165) is 11.6 Å². The summed E-state index contributed by atoms with van der Waals surface area (Å²) in [6, 6.07) is 8.23. The van der Waals surface area contributed by atoms with Gasteiger partial charge in [0.15, 0.2) is 0 Å².